The Morgan fingerprint density at radius 2 is 1.94 bits per heavy atom. The lowest BCUT2D eigenvalue weighted by Crippen LogP contribution is -2.43. The minimum atomic E-state index is -4.10. The number of hydrogen-bond donors (Lipinski definition) is 1. The standard InChI is InChI=1S/C20H27N3O7S2/c1-4-5-10-30-14-6-8-15(9-7-14)32(27,28)22-12-13(11-16(22)19(25)29-2)23-18(24)17(31-3)21-20(23)26/h6-9,13,16-17H,4-5,10-12H2,1-3H3,(H,21,26)/t13-,16+,17?/m0/s1. The first-order valence-electron chi connectivity index (χ1n) is 10.2. The number of thioether (sulfide) groups is 1. The first kappa shape index (κ1) is 24.3. The maximum atomic E-state index is 13.4. The van der Waals surface area contributed by atoms with E-state index in [1.54, 1.807) is 18.4 Å². The Labute approximate surface area is 191 Å². The Kier molecular flexibility index (Phi) is 7.67. The van der Waals surface area contributed by atoms with Crippen molar-refractivity contribution in [2.75, 3.05) is 26.5 Å². The maximum Gasteiger partial charge on any atom is 0.325 e. The van der Waals surface area contributed by atoms with Crippen LogP contribution in [0.5, 0.6) is 5.75 Å². The van der Waals surface area contributed by atoms with Gasteiger partial charge in [-0.3, -0.25) is 14.5 Å². The van der Waals surface area contributed by atoms with Crippen LogP contribution in [0.2, 0.25) is 0 Å². The number of methoxy groups -OCH3 is 1. The highest BCUT2D eigenvalue weighted by Crippen LogP contribution is 2.32. The lowest BCUT2D eigenvalue weighted by Gasteiger charge is -2.23. The highest BCUT2D eigenvalue weighted by atomic mass is 32.2. The summed E-state index contributed by atoms with van der Waals surface area (Å²) >= 11 is 1.17. The SMILES string of the molecule is CCCCOc1ccc(S(=O)(=O)N2C[C@@H](N3C(=O)NC(SC)C3=O)C[C@@H]2C(=O)OC)cc1. The van der Waals surface area contributed by atoms with Gasteiger partial charge in [0.2, 0.25) is 10.0 Å². The number of carbonyl (C=O) groups excluding carboxylic acids is 3. The van der Waals surface area contributed by atoms with E-state index in [1.165, 1.54) is 31.0 Å². The molecular weight excluding hydrogens is 458 g/mol. The number of amides is 3. The number of benzene rings is 1. The topological polar surface area (TPSA) is 122 Å². The summed E-state index contributed by atoms with van der Waals surface area (Å²) in [5.74, 6) is -0.656. The predicted octanol–water partition coefficient (Wildman–Crippen LogP) is 1.41. The monoisotopic (exact) mass is 485 g/mol. The second-order valence-electron chi connectivity index (χ2n) is 7.45. The molecule has 0 aliphatic carbocycles. The number of esters is 1. The summed E-state index contributed by atoms with van der Waals surface area (Å²) in [4.78, 5) is 38.3. The van der Waals surface area contributed by atoms with Gasteiger partial charge in [0.1, 0.15) is 11.8 Å². The van der Waals surface area contributed by atoms with Crippen molar-refractivity contribution in [1.29, 1.82) is 0 Å². The summed E-state index contributed by atoms with van der Waals surface area (Å²) in [5, 5.41) is 1.82. The van der Waals surface area contributed by atoms with E-state index in [-0.39, 0.29) is 17.9 Å². The normalized spacial score (nSPS) is 24.0. The number of nitrogens with zero attached hydrogens (tertiary/aromatic N) is 2. The second kappa shape index (κ2) is 10.1. The van der Waals surface area contributed by atoms with Gasteiger partial charge in [-0.2, -0.15) is 4.31 Å². The van der Waals surface area contributed by atoms with Crippen molar-refractivity contribution < 1.29 is 32.3 Å². The van der Waals surface area contributed by atoms with Crippen molar-refractivity contribution in [3.63, 3.8) is 0 Å². The fraction of sp³-hybridized carbons (Fsp3) is 0.550. The fourth-order valence-corrected chi connectivity index (χ4v) is 5.90. The summed E-state index contributed by atoms with van der Waals surface area (Å²) in [5.41, 5.74) is 0. The molecule has 10 nitrogen and oxygen atoms in total. The Balaban J connectivity index is 1.84. The molecule has 1 aromatic rings. The molecular formula is C20H27N3O7S2. The Bertz CT molecular complexity index is 968. The van der Waals surface area contributed by atoms with Crippen molar-refractivity contribution in [3.8, 4) is 5.75 Å². The van der Waals surface area contributed by atoms with Crippen molar-refractivity contribution in [1.82, 2.24) is 14.5 Å². The van der Waals surface area contributed by atoms with Crippen molar-refractivity contribution in [2.24, 2.45) is 0 Å². The molecule has 0 saturated carbocycles. The molecule has 2 aliphatic rings. The number of unbranched alkanes of at least 4 members (excludes halogenated alkanes) is 1. The molecule has 3 rings (SSSR count). The summed E-state index contributed by atoms with van der Waals surface area (Å²) < 4.78 is 38.1. The van der Waals surface area contributed by atoms with E-state index < -0.39 is 45.4 Å². The molecule has 1 unspecified atom stereocenters. The average molecular weight is 486 g/mol. The molecule has 0 radical (unpaired) electrons. The molecule has 3 atom stereocenters. The van der Waals surface area contributed by atoms with Gasteiger partial charge in [-0.1, -0.05) is 13.3 Å². The van der Waals surface area contributed by atoms with Gasteiger partial charge in [0, 0.05) is 6.54 Å². The maximum absolute atomic E-state index is 13.4. The number of urea groups is 1. The van der Waals surface area contributed by atoms with Crippen LogP contribution in [0.4, 0.5) is 4.79 Å². The van der Waals surface area contributed by atoms with Crippen LogP contribution in [-0.4, -0.2) is 79.5 Å². The molecule has 3 amide bonds. The van der Waals surface area contributed by atoms with Gasteiger partial charge in [-0.05, 0) is 43.4 Å². The molecule has 1 aromatic carbocycles. The molecule has 0 spiro atoms. The minimum Gasteiger partial charge on any atom is -0.494 e. The van der Waals surface area contributed by atoms with E-state index in [2.05, 4.69) is 5.32 Å². The average Bonchev–Trinajstić information content (AvgIpc) is 3.34. The number of imide groups is 1. The first-order chi connectivity index (χ1) is 15.2. The van der Waals surface area contributed by atoms with Crippen LogP contribution in [0.3, 0.4) is 0 Å². The van der Waals surface area contributed by atoms with Crippen LogP contribution in [0, 0.1) is 0 Å². The Hall–Kier alpha value is -2.31. The molecule has 12 heteroatoms. The molecule has 0 bridgehead atoms. The van der Waals surface area contributed by atoms with E-state index in [9.17, 15) is 22.8 Å². The lowest BCUT2D eigenvalue weighted by molar-refractivity contribution is -0.144. The number of ether oxygens (including phenoxy) is 2. The summed E-state index contributed by atoms with van der Waals surface area (Å²) in [6.07, 6.45) is 3.51. The smallest absolute Gasteiger partial charge is 0.325 e. The van der Waals surface area contributed by atoms with Crippen molar-refractivity contribution in [3.05, 3.63) is 24.3 Å². The van der Waals surface area contributed by atoms with Crippen LogP contribution in [-0.2, 0) is 24.3 Å². The van der Waals surface area contributed by atoms with E-state index in [4.69, 9.17) is 9.47 Å². The fourth-order valence-electron chi connectivity index (χ4n) is 3.74. The van der Waals surface area contributed by atoms with Crippen molar-refractivity contribution >= 4 is 39.7 Å². The van der Waals surface area contributed by atoms with E-state index >= 15 is 0 Å². The zero-order valence-electron chi connectivity index (χ0n) is 18.1. The molecule has 2 saturated heterocycles. The second-order valence-corrected chi connectivity index (χ2v) is 10.3. The highest BCUT2D eigenvalue weighted by Gasteiger charge is 2.51. The van der Waals surface area contributed by atoms with Crippen LogP contribution >= 0.6 is 11.8 Å². The zero-order valence-corrected chi connectivity index (χ0v) is 19.8. The van der Waals surface area contributed by atoms with Gasteiger partial charge >= 0.3 is 12.0 Å². The summed E-state index contributed by atoms with van der Waals surface area (Å²) in [6, 6.07) is 3.41. The van der Waals surface area contributed by atoms with Gasteiger partial charge < -0.3 is 14.8 Å². The summed E-state index contributed by atoms with van der Waals surface area (Å²) in [7, 11) is -2.93. The number of rotatable bonds is 9. The van der Waals surface area contributed by atoms with E-state index in [0.29, 0.717) is 12.4 Å². The third-order valence-corrected chi connectivity index (χ3v) is 8.12. The van der Waals surface area contributed by atoms with Crippen LogP contribution in [0.1, 0.15) is 26.2 Å². The lowest BCUT2D eigenvalue weighted by atomic mass is 10.1. The van der Waals surface area contributed by atoms with Crippen LogP contribution < -0.4 is 10.1 Å². The van der Waals surface area contributed by atoms with Crippen LogP contribution in [0.25, 0.3) is 0 Å². The summed E-state index contributed by atoms with van der Waals surface area (Å²) in [6.45, 7) is 2.38. The van der Waals surface area contributed by atoms with E-state index in [1.807, 2.05) is 6.92 Å². The van der Waals surface area contributed by atoms with E-state index in [0.717, 1.165) is 22.0 Å². The third-order valence-electron chi connectivity index (χ3n) is 5.44. The highest BCUT2D eigenvalue weighted by molar-refractivity contribution is 7.99. The molecule has 0 aromatic heterocycles. The van der Waals surface area contributed by atoms with Crippen molar-refractivity contribution in [2.45, 2.75) is 48.5 Å². The molecule has 32 heavy (non-hydrogen) atoms. The Morgan fingerprint density at radius 3 is 2.50 bits per heavy atom. The number of sulfonamides is 1. The number of carbonyl (C=O) groups is 3. The minimum absolute atomic E-state index is 0.0194. The van der Waals surface area contributed by atoms with Gasteiger partial charge in [-0.25, -0.2) is 13.2 Å². The number of nitrogens with one attached hydrogen (secondary N) is 1. The van der Waals surface area contributed by atoms with Crippen LogP contribution in [0.15, 0.2) is 29.2 Å². The first-order valence-corrected chi connectivity index (χ1v) is 13.0. The molecule has 2 aliphatic heterocycles. The largest absolute Gasteiger partial charge is 0.494 e. The van der Waals surface area contributed by atoms with Gasteiger partial charge in [-0.15, -0.1) is 11.8 Å². The van der Waals surface area contributed by atoms with Gasteiger partial charge in [0.25, 0.3) is 5.91 Å². The molecule has 2 heterocycles. The Morgan fingerprint density at radius 1 is 1.25 bits per heavy atom. The van der Waals surface area contributed by atoms with Gasteiger partial charge in [0.05, 0.1) is 24.7 Å². The molecule has 176 valence electrons. The predicted molar refractivity (Wildman–Crippen MR) is 118 cm³/mol. The molecule has 2 fully saturated rings. The van der Waals surface area contributed by atoms with Gasteiger partial charge in [0.15, 0.2) is 5.37 Å². The molecule has 1 N–H and O–H groups in total. The number of hydrogen-bond acceptors (Lipinski definition) is 8. The quantitative estimate of drug-likeness (QED) is 0.317. The third kappa shape index (κ3) is 4.71. The zero-order chi connectivity index (χ0) is 23.5.